The standard InChI is InChI=1S/C17H14ClNO4/c18-13-3-1-2-11(8-13)5-7-16(21)19-14-9-12(10-17(22)23)4-6-15(14)20/h1-9,20H,10H2,(H,19,21)(H,22,23)/b7-5+. The molecule has 2 aromatic carbocycles. The van der Waals surface area contributed by atoms with Crippen molar-refractivity contribution in [1.29, 1.82) is 0 Å². The van der Waals surface area contributed by atoms with E-state index < -0.39 is 11.9 Å². The van der Waals surface area contributed by atoms with E-state index in [2.05, 4.69) is 5.32 Å². The van der Waals surface area contributed by atoms with Crippen LogP contribution in [0.2, 0.25) is 5.02 Å². The van der Waals surface area contributed by atoms with E-state index in [1.807, 2.05) is 0 Å². The average molecular weight is 332 g/mol. The van der Waals surface area contributed by atoms with Gasteiger partial charge in [0.05, 0.1) is 12.1 Å². The van der Waals surface area contributed by atoms with Gasteiger partial charge in [-0.3, -0.25) is 9.59 Å². The van der Waals surface area contributed by atoms with E-state index in [0.29, 0.717) is 10.6 Å². The fourth-order valence-electron chi connectivity index (χ4n) is 1.92. The summed E-state index contributed by atoms with van der Waals surface area (Å²) >= 11 is 5.85. The lowest BCUT2D eigenvalue weighted by Gasteiger charge is -2.07. The maximum atomic E-state index is 11.9. The first-order valence-corrected chi connectivity index (χ1v) is 7.10. The van der Waals surface area contributed by atoms with E-state index in [0.717, 1.165) is 5.56 Å². The van der Waals surface area contributed by atoms with Crippen LogP contribution in [0.3, 0.4) is 0 Å². The number of halogens is 1. The number of carbonyl (C=O) groups is 2. The van der Waals surface area contributed by atoms with Gasteiger partial charge >= 0.3 is 5.97 Å². The summed E-state index contributed by atoms with van der Waals surface area (Å²) in [6, 6.07) is 11.2. The Morgan fingerprint density at radius 2 is 1.96 bits per heavy atom. The Morgan fingerprint density at radius 3 is 2.65 bits per heavy atom. The molecule has 0 saturated heterocycles. The third-order valence-corrected chi connectivity index (χ3v) is 3.19. The summed E-state index contributed by atoms with van der Waals surface area (Å²) in [5.74, 6) is -1.58. The number of carboxylic acid groups (broad SMARTS) is 1. The number of phenolic OH excluding ortho intramolecular Hbond substituents is 1. The second-order valence-electron chi connectivity index (χ2n) is 4.80. The predicted octanol–water partition coefficient (Wildman–Crippen LogP) is 3.32. The Hall–Kier alpha value is -2.79. The fourth-order valence-corrected chi connectivity index (χ4v) is 2.12. The Balaban J connectivity index is 2.09. The number of phenols is 1. The number of carboxylic acids is 1. The van der Waals surface area contributed by atoms with Crippen LogP contribution in [0.1, 0.15) is 11.1 Å². The number of anilines is 1. The number of nitrogens with one attached hydrogen (secondary N) is 1. The van der Waals surface area contributed by atoms with Gasteiger partial charge in [-0.1, -0.05) is 29.8 Å². The van der Waals surface area contributed by atoms with Gasteiger partial charge in [-0.05, 0) is 41.5 Å². The molecular formula is C17H14ClNO4. The summed E-state index contributed by atoms with van der Waals surface area (Å²) in [5, 5.41) is 21.6. The molecule has 0 radical (unpaired) electrons. The zero-order valence-electron chi connectivity index (χ0n) is 12.0. The van der Waals surface area contributed by atoms with Gasteiger partial charge in [-0.2, -0.15) is 0 Å². The molecule has 0 saturated carbocycles. The Kier molecular flexibility index (Phi) is 5.38. The van der Waals surface area contributed by atoms with Crippen LogP contribution in [0.4, 0.5) is 5.69 Å². The first-order chi connectivity index (χ1) is 10.9. The summed E-state index contributed by atoms with van der Waals surface area (Å²) < 4.78 is 0. The van der Waals surface area contributed by atoms with E-state index in [1.165, 1.54) is 24.3 Å². The number of hydrogen-bond acceptors (Lipinski definition) is 3. The highest BCUT2D eigenvalue weighted by Crippen LogP contribution is 2.24. The fraction of sp³-hybridized carbons (Fsp3) is 0.0588. The molecule has 0 aliphatic carbocycles. The zero-order valence-corrected chi connectivity index (χ0v) is 12.7. The first kappa shape index (κ1) is 16.6. The van der Waals surface area contributed by atoms with Gasteiger partial charge in [0.2, 0.25) is 5.91 Å². The number of carbonyl (C=O) groups excluding carboxylic acids is 1. The Bertz CT molecular complexity index is 771. The van der Waals surface area contributed by atoms with Gasteiger partial charge in [0.15, 0.2) is 0 Å². The number of rotatable bonds is 5. The summed E-state index contributed by atoms with van der Waals surface area (Å²) in [7, 11) is 0. The molecule has 23 heavy (non-hydrogen) atoms. The minimum absolute atomic E-state index is 0.136. The summed E-state index contributed by atoms with van der Waals surface area (Å²) in [6.07, 6.45) is 2.69. The van der Waals surface area contributed by atoms with E-state index in [4.69, 9.17) is 16.7 Å². The van der Waals surface area contributed by atoms with Crippen LogP contribution in [0.25, 0.3) is 6.08 Å². The molecule has 0 aliphatic heterocycles. The zero-order chi connectivity index (χ0) is 16.8. The number of aliphatic carboxylic acids is 1. The minimum Gasteiger partial charge on any atom is -0.506 e. The molecular weight excluding hydrogens is 318 g/mol. The second kappa shape index (κ2) is 7.47. The lowest BCUT2D eigenvalue weighted by Crippen LogP contribution is -2.09. The third kappa shape index (κ3) is 5.16. The van der Waals surface area contributed by atoms with Crippen molar-refractivity contribution in [2.75, 3.05) is 5.32 Å². The number of benzene rings is 2. The van der Waals surface area contributed by atoms with Crippen LogP contribution < -0.4 is 5.32 Å². The van der Waals surface area contributed by atoms with E-state index >= 15 is 0 Å². The van der Waals surface area contributed by atoms with Crippen molar-refractivity contribution in [2.24, 2.45) is 0 Å². The van der Waals surface area contributed by atoms with Crippen LogP contribution in [0, 0.1) is 0 Å². The van der Waals surface area contributed by atoms with Gasteiger partial charge in [0.1, 0.15) is 5.75 Å². The van der Waals surface area contributed by atoms with E-state index in [1.54, 1.807) is 30.3 Å². The maximum Gasteiger partial charge on any atom is 0.307 e. The highest BCUT2D eigenvalue weighted by molar-refractivity contribution is 6.30. The van der Waals surface area contributed by atoms with Crippen molar-refractivity contribution in [3.05, 3.63) is 64.7 Å². The van der Waals surface area contributed by atoms with Gasteiger partial charge in [0, 0.05) is 11.1 Å². The predicted molar refractivity (Wildman–Crippen MR) is 88.6 cm³/mol. The van der Waals surface area contributed by atoms with Crippen molar-refractivity contribution in [2.45, 2.75) is 6.42 Å². The minimum atomic E-state index is -0.992. The van der Waals surface area contributed by atoms with Crippen LogP contribution in [0.15, 0.2) is 48.5 Å². The lowest BCUT2D eigenvalue weighted by molar-refractivity contribution is -0.136. The van der Waals surface area contributed by atoms with Crippen molar-refractivity contribution < 1.29 is 19.8 Å². The van der Waals surface area contributed by atoms with Crippen molar-refractivity contribution in [3.63, 3.8) is 0 Å². The van der Waals surface area contributed by atoms with Crippen LogP contribution in [-0.4, -0.2) is 22.1 Å². The molecule has 0 atom stereocenters. The molecule has 0 bridgehead atoms. The van der Waals surface area contributed by atoms with Crippen LogP contribution in [0.5, 0.6) is 5.75 Å². The summed E-state index contributed by atoms with van der Waals surface area (Å²) in [5.41, 5.74) is 1.39. The number of aromatic hydroxyl groups is 1. The van der Waals surface area contributed by atoms with Crippen LogP contribution >= 0.6 is 11.6 Å². The lowest BCUT2D eigenvalue weighted by atomic mass is 10.1. The monoisotopic (exact) mass is 331 g/mol. The largest absolute Gasteiger partial charge is 0.506 e. The quantitative estimate of drug-likeness (QED) is 0.579. The van der Waals surface area contributed by atoms with Gasteiger partial charge in [-0.25, -0.2) is 0 Å². The van der Waals surface area contributed by atoms with Gasteiger partial charge < -0.3 is 15.5 Å². The van der Waals surface area contributed by atoms with Crippen molar-refractivity contribution >= 4 is 35.2 Å². The molecule has 0 heterocycles. The topological polar surface area (TPSA) is 86.6 Å². The van der Waals surface area contributed by atoms with E-state index in [9.17, 15) is 14.7 Å². The highest BCUT2D eigenvalue weighted by Gasteiger charge is 2.07. The molecule has 0 unspecified atom stereocenters. The Morgan fingerprint density at radius 1 is 1.17 bits per heavy atom. The maximum absolute atomic E-state index is 11.9. The molecule has 2 aromatic rings. The number of hydrogen-bond donors (Lipinski definition) is 3. The van der Waals surface area contributed by atoms with Crippen molar-refractivity contribution in [3.8, 4) is 5.75 Å². The summed E-state index contributed by atoms with van der Waals surface area (Å²) in [6.45, 7) is 0. The van der Waals surface area contributed by atoms with Crippen molar-refractivity contribution in [1.82, 2.24) is 0 Å². The average Bonchev–Trinajstić information content (AvgIpc) is 2.48. The molecule has 0 aromatic heterocycles. The summed E-state index contributed by atoms with van der Waals surface area (Å²) in [4.78, 5) is 22.6. The molecule has 118 valence electrons. The van der Waals surface area contributed by atoms with Gasteiger partial charge in [-0.15, -0.1) is 0 Å². The molecule has 2 rings (SSSR count). The normalized spacial score (nSPS) is 10.7. The molecule has 5 nitrogen and oxygen atoms in total. The highest BCUT2D eigenvalue weighted by atomic mass is 35.5. The molecule has 1 amide bonds. The van der Waals surface area contributed by atoms with E-state index in [-0.39, 0.29) is 17.9 Å². The second-order valence-corrected chi connectivity index (χ2v) is 5.24. The smallest absolute Gasteiger partial charge is 0.307 e. The van der Waals surface area contributed by atoms with Gasteiger partial charge in [0.25, 0.3) is 0 Å². The first-order valence-electron chi connectivity index (χ1n) is 6.72. The SMILES string of the molecule is O=C(O)Cc1ccc(O)c(NC(=O)/C=C/c2cccc(Cl)c2)c1. The number of amides is 1. The van der Waals surface area contributed by atoms with Crippen LogP contribution in [-0.2, 0) is 16.0 Å². The molecule has 0 fully saturated rings. The molecule has 0 aliphatic rings. The molecule has 6 heteroatoms. The molecule has 3 N–H and O–H groups in total. The Labute approximate surface area is 137 Å². The molecule has 0 spiro atoms. The third-order valence-electron chi connectivity index (χ3n) is 2.95.